The van der Waals surface area contributed by atoms with Crippen LogP contribution in [0.2, 0.25) is 0 Å². The fraction of sp³-hybridized carbons (Fsp3) is 0.920. The van der Waals surface area contributed by atoms with E-state index in [0.717, 1.165) is 58.0 Å². The summed E-state index contributed by atoms with van der Waals surface area (Å²) in [5, 5.41) is 7.96. The Morgan fingerprint density at radius 2 is 1.62 bits per heavy atom. The van der Waals surface area contributed by atoms with Gasteiger partial charge >= 0.3 is 6.18 Å². The van der Waals surface area contributed by atoms with Crippen LogP contribution >= 0.6 is 0 Å². The smallest absolute Gasteiger partial charge is 0.387 e. The molecule has 4 atom stereocenters. The maximum absolute atomic E-state index is 13.7. The highest BCUT2D eigenvalue weighted by atomic mass is 19.4. The molecule has 9 heteroatoms. The van der Waals surface area contributed by atoms with Crippen molar-refractivity contribution in [1.29, 1.82) is 5.41 Å². The molecule has 2 saturated carbocycles. The molecule has 1 amide bonds. The first kappa shape index (κ1) is 25.7. The summed E-state index contributed by atoms with van der Waals surface area (Å²) >= 11 is 0. The number of nitrogens with one attached hydrogen (secondary N) is 1. The first-order chi connectivity index (χ1) is 16.2. The molecular formula is C25H42F3N5O. The Balaban J connectivity index is 1.44. The minimum atomic E-state index is -4.10. The Morgan fingerprint density at radius 1 is 0.941 bits per heavy atom. The Bertz CT molecular complexity index is 716. The number of halogens is 3. The van der Waals surface area contributed by atoms with Gasteiger partial charge in [-0.3, -0.25) is 15.1 Å². The van der Waals surface area contributed by atoms with Gasteiger partial charge in [0.05, 0.1) is 17.8 Å². The molecule has 194 valence electrons. The van der Waals surface area contributed by atoms with Gasteiger partial charge in [0, 0.05) is 31.6 Å². The minimum absolute atomic E-state index is 0.0468. The van der Waals surface area contributed by atoms with E-state index < -0.39 is 12.1 Å². The van der Waals surface area contributed by atoms with Crippen molar-refractivity contribution in [3.8, 4) is 0 Å². The van der Waals surface area contributed by atoms with Crippen LogP contribution in [0.4, 0.5) is 13.2 Å². The molecular weight excluding hydrogens is 443 g/mol. The number of nitrogens with two attached hydrogens (primary N) is 2. The number of piperidine rings is 1. The molecule has 5 N–H and O–H groups in total. The minimum Gasteiger partial charge on any atom is -0.387 e. The van der Waals surface area contributed by atoms with Gasteiger partial charge in [0.1, 0.15) is 0 Å². The third kappa shape index (κ3) is 5.72. The van der Waals surface area contributed by atoms with Crippen molar-refractivity contribution in [2.24, 2.45) is 41.1 Å². The monoisotopic (exact) mass is 485 g/mol. The fourth-order valence-corrected chi connectivity index (χ4v) is 7.19. The van der Waals surface area contributed by atoms with Crippen LogP contribution in [0.5, 0.6) is 0 Å². The van der Waals surface area contributed by atoms with Crippen LogP contribution in [-0.4, -0.2) is 66.0 Å². The first-order valence-corrected chi connectivity index (χ1v) is 13.3. The number of fused-ring (bicyclic) bond motifs is 1. The standard InChI is InChI=1S/C25H42F3N5O/c26-25(27,28)20-5-1-17(2-6-20)15-33-21-14-19(23(30)31)4-3-18(21)13-22(33)24(34)32-11-8-16(7-10-29)9-12-32/h16-22H,1-15,29H2,(H3,30,31). The van der Waals surface area contributed by atoms with Gasteiger partial charge in [-0.2, -0.15) is 13.2 Å². The van der Waals surface area contributed by atoms with Crippen LogP contribution in [0.3, 0.4) is 0 Å². The maximum atomic E-state index is 13.7. The summed E-state index contributed by atoms with van der Waals surface area (Å²) in [6.45, 7) is 2.93. The Morgan fingerprint density at radius 3 is 2.21 bits per heavy atom. The van der Waals surface area contributed by atoms with E-state index in [0.29, 0.717) is 37.8 Å². The molecule has 2 saturated heterocycles. The summed E-state index contributed by atoms with van der Waals surface area (Å²) in [5.74, 6) is 0.484. The highest BCUT2D eigenvalue weighted by molar-refractivity contribution is 5.83. The van der Waals surface area contributed by atoms with E-state index >= 15 is 0 Å². The van der Waals surface area contributed by atoms with Crippen molar-refractivity contribution < 1.29 is 18.0 Å². The van der Waals surface area contributed by atoms with E-state index in [2.05, 4.69) is 4.90 Å². The molecule has 4 aliphatic rings. The third-order valence-electron chi connectivity index (χ3n) is 9.31. The van der Waals surface area contributed by atoms with Crippen LogP contribution < -0.4 is 11.5 Å². The number of alkyl halides is 3. The van der Waals surface area contributed by atoms with Gasteiger partial charge in [0.15, 0.2) is 0 Å². The number of hydrogen-bond acceptors (Lipinski definition) is 4. The van der Waals surface area contributed by atoms with E-state index in [9.17, 15) is 18.0 Å². The van der Waals surface area contributed by atoms with Crippen molar-refractivity contribution in [2.75, 3.05) is 26.2 Å². The number of carbonyl (C=O) groups is 1. The summed E-state index contributed by atoms with van der Waals surface area (Å²) < 4.78 is 39.5. The van der Waals surface area contributed by atoms with Gasteiger partial charge in [-0.05, 0) is 94.9 Å². The number of amides is 1. The molecule has 2 aliphatic heterocycles. The van der Waals surface area contributed by atoms with E-state index in [-0.39, 0.29) is 48.5 Å². The molecule has 2 heterocycles. The third-order valence-corrected chi connectivity index (χ3v) is 9.31. The van der Waals surface area contributed by atoms with Crippen LogP contribution in [-0.2, 0) is 4.79 Å². The second kappa shape index (κ2) is 10.7. The van der Waals surface area contributed by atoms with Crippen LogP contribution in [0.1, 0.15) is 70.6 Å². The zero-order valence-corrected chi connectivity index (χ0v) is 20.2. The predicted octanol–water partition coefficient (Wildman–Crippen LogP) is 3.74. The average Bonchev–Trinajstić information content (AvgIpc) is 3.16. The summed E-state index contributed by atoms with van der Waals surface area (Å²) in [5.41, 5.74) is 11.6. The molecule has 0 aromatic heterocycles. The molecule has 0 aromatic carbocycles. The molecule has 0 radical (unpaired) electrons. The Kier molecular flexibility index (Phi) is 8.12. The molecule has 6 nitrogen and oxygen atoms in total. The summed E-state index contributed by atoms with van der Waals surface area (Å²) in [7, 11) is 0. The topological polar surface area (TPSA) is 99.4 Å². The van der Waals surface area contributed by atoms with Crippen molar-refractivity contribution in [1.82, 2.24) is 9.80 Å². The zero-order valence-electron chi connectivity index (χ0n) is 20.2. The molecule has 0 spiro atoms. The zero-order chi connectivity index (χ0) is 24.5. The summed E-state index contributed by atoms with van der Waals surface area (Å²) in [6.07, 6.45) is 3.91. The normalized spacial score (nSPS) is 35.8. The maximum Gasteiger partial charge on any atom is 0.391 e. The lowest BCUT2D eigenvalue weighted by atomic mass is 9.77. The van der Waals surface area contributed by atoms with E-state index in [1.165, 1.54) is 0 Å². The van der Waals surface area contributed by atoms with Gasteiger partial charge in [0.25, 0.3) is 0 Å². The Hall–Kier alpha value is -1.35. The molecule has 4 unspecified atom stereocenters. The largest absolute Gasteiger partial charge is 0.391 e. The lowest BCUT2D eigenvalue weighted by molar-refractivity contribution is -0.184. The quantitative estimate of drug-likeness (QED) is 0.394. The fourth-order valence-electron chi connectivity index (χ4n) is 7.19. The molecule has 0 aromatic rings. The average molecular weight is 486 g/mol. The lowest BCUT2D eigenvalue weighted by Gasteiger charge is -2.41. The van der Waals surface area contributed by atoms with Crippen LogP contribution in [0.25, 0.3) is 0 Å². The number of hydrogen-bond donors (Lipinski definition) is 3. The van der Waals surface area contributed by atoms with Gasteiger partial charge in [0.2, 0.25) is 5.91 Å². The van der Waals surface area contributed by atoms with Crippen molar-refractivity contribution >= 4 is 11.7 Å². The highest BCUT2D eigenvalue weighted by Crippen LogP contribution is 2.45. The van der Waals surface area contributed by atoms with Crippen LogP contribution in [0.15, 0.2) is 0 Å². The molecule has 0 bridgehead atoms. The van der Waals surface area contributed by atoms with E-state index in [4.69, 9.17) is 16.9 Å². The summed E-state index contributed by atoms with van der Waals surface area (Å²) in [4.78, 5) is 18.1. The second-order valence-electron chi connectivity index (χ2n) is 11.3. The first-order valence-electron chi connectivity index (χ1n) is 13.3. The van der Waals surface area contributed by atoms with E-state index in [1.54, 1.807) is 0 Å². The predicted molar refractivity (Wildman–Crippen MR) is 126 cm³/mol. The van der Waals surface area contributed by atoms with Crippen molar-refractivity contribution in [3.63, 3.8) is 0 Å². The van der Waals surface area contributed by atoms with Gasteiger partial charge in [-0.25, -0.2) is 0 Å². The highest BCUT2D eigenvalue weighted by Gasteiger charge is 2.49. The second-order valence-corrected chi connectivity index (χ2v) is 11.3. The number of rotatable bonds is 6. The van der Waals surface area contributed by atoms with Gasteiger partial charge < -0.3 is 16.4 Å². The lowest BCUT2D eigenvalue weighted by Crippen LogP contribution is -2.52. The molecule has 4 rings (SSSR count). The van der Waals surface area contributed by atoms with E-state index in [1.807, 2.05) is 4.90 Å². The van der Waals surface area contributed by atoms with Gasteiger partial charge in [-0.1, -0.05) is 0 Å². The number of nitrogens with zero attached hydrogens (tertiary/aromatic N) is 2. The SMILES string of the molecule is N=C(N)C1CCC2CC(C(=O)N3CCC(CCN)CC3)N(CC3CCC(C(F)(F)F)CC3)C2C1. The molecule has 34 heavy (non-hydrogen) atoms. The number of likely N-dealkylation sites (tertiary alicyclic amines) is 2. The summed E-state index contributed by atoms with van der Waals surface area (Å²) in [6, 6.07) is 0.0128. The molecule has 2 aliphatic carbocycles. The van der Waals surface area contributed by atoms with Crippen molar-refractivity contribution in [2.45, 2.75) is 88.9 Å². The number of amidine groups is 1. The number of carbonyl (C=O) groups excluding carboxylic acids is 1. The van der Waals surface area contributed by atoms with Crippen molar-refractivity contribution in [3.05, 3.63) is 0 Å². The van der Waals surface area contributed by atoms with Gasteiger partial charge in [-0.15, -0.1) is 0 Å². The molecule has 4 fully saturated rings. The Labute approximate surface area is 201 Å². The van der Waals surface area contributed by atoms with Crippen LogP contribution in [0, 0.1) is 35.0 Å².